The summed E-state index contributed by atoms with van der Waals surface area (Å²) in [7, 11) is 0. The molecule has 0 aliphatic carbocycles. The first kappa shape index (κ1) is 18.9. The van der Waals surface area contributed by atoms with Crippen LogP contribution in [0.15, 0.2) is 0 Å². The van der Waals surface area contributed by atoms with Crippen LogP contribution in [-0.4, -0.2) is 24.0 Å². The van der Waals surface area contributed by atoms with Crippen molar-refractivity contribution in [3.63, 3.8) is 0 Å². The molecule has 5 nitrogen and oxygen atoms in total. The van der Waals surface area contributed by atoms with Gasteiger partial charge in [0.1, 0.15) is 10.5 Å². The average molecular weight is 354 g/mol. The van der Waals surface area contributed by atoms with Crippen LogP contribution in [0.2, 0.25) is 0 Å². The number of hydrogen-bond acceptors (Lipinski definition) is 4. The number of nitrogens with two attached hydrogens (primary N) is 1. The third kappa shape index (κ3) is 3.81. The second kappa shape index (κ2) is 6.84. The highest BCUT2D eigenvalue weighted by Crippen LogP contribution is 2.42. The van der Waals surface area contributed by atoms with E-state index in [1.807, 2.05) is 6.92 Å². The quantitative estimate of drug-likeness (QED) is 0.800. The summed E-state index contributed by atoms with van der Waals surface area (Å²) >= 11 is 1.51. The van der Waals surface area contributed by atoms with Gasteiger partial charge in [-0.25, -0.2) is 4.79 Å². The van der Waals surface area contributed by atoms with Crippen LogP contribution in [0.4, 0.5) is 5.00 Å². The molecule has 0 unspecified atom stereocenters. The van der Waals surface area contributed by atoms with E-state index in [9.17, 15) is 9.59 Å². The number of amides is 1. The Hall–Kier alpha value is -1.40. The fourth-order valence-electron chi connectivity index (χ4n) is 3.63. The molecule has 0 radical (unpaired) electrons. The van der Waals surface area contributed by atoms with E-state index in [4.69, 9.17) is 4.74 Å². The van der Waals surface area contributed by atoms with Crippen LogP contribution < -0.4 is 10.6 Å². The van der Waals surface area contributed by atoms with Crippen molar-refractivity contribution in [3.05, 3.63) is 16.0 Å². The van der Waals surface area contributed by atoms with Gasteiger partial charge < -0.3 is 15.4 Å². The van der Waals surface area contributed by atoms with Crippen molar-refractivity contribution in [1.29, 1.82) is 0 Å². The van der Waals surface area contributed by atoms with Gasteiger partial charge in [0.05, 0.1) is 22.6 Å². The number of quaternary nitrogens is 1. The molecule has 0 fully saturated rings. The minimum Gasteiger partial charge on any atom is -0.462 e. The van der Waals surface area contributed by atoms with Gasteiger partial charge in [0.25, 0.3) is 0 Å². The maximum absolute atomic E-state index is 12.6. The fraction of sp³-hybridized carbons (Fsp3) is 0.667. The minimum atomic E-state index is -0.338. The Labute approximate surface area is 148 Å². The van der Waals surface area contributed by atoms with E-state index in [-0.39, 0.29) is 23.0 Å². The zero-order valence-corrected chi connectivity index (χ0v) is 16.4. The molecular formula is C18H29N2O3S+. The molecule has 1 aromatic heterocycles. The van der Waals surface area contributed by atoms with Crippen LogP contribution >= 0.6 is 11.3 Å². The molecule has 2 rings (SSSR count). The third-order valence-electron chi connectivity index (χ3n) is 4.19. The Morgan fingerprint density at radius 1 is 1.25 bits per heavy atom. The molecule has 1 aliphatic heterocycles. The Morgan fingerprint density at radius 3 is 2.50 bits per heavy atom. The van der Waals surface area contributed by atoms with Gasteiger partial charge in [-0.15, -0.1) is 11.3 Å². The predicted octanol–water partition coefficient (Wildman–Crippen LogP) is 2.80. The third-order valence-corrected chi connectivity index (χ3v) is 5.67. The number of ether oxygens (including phenoxy) is 1. The maximum atomic E-state index is 12.6. The van der Waals surface area contributed by atoms with Crippen LogP contribution in [0.1, 0.15) is 75.2 Å². The lowest BCUT2D eigenvalue weighted by Crippen LogP contribution is -3.03. The molecule has 0 aromatic carbocycles. The topological polar surface area (TPSA) is 72.0 Å². The fourth-order valence-corrected chi connectivity index (χ4v) is 4.92. The zero-order valence-electron chi connectivity index (χ0n) is 15.5. The molecule has 0 saturated carbocycles. The molecule has 134 valence electrons. The summed E-state index contributed by atoms with van der Waals surface area (Å²) in [5, 5.41) is 5.91. The first-order valence-electron chi connectivity index (χ1n) is 8.61. The largest absolute Gasteiger partial charge is 0.462 e. The van der Waals surface area contributed by atoms with E-state index >= 15 is 0 Å². The normalized spacial score (nSPS) is 17.9. The van der Waals surface area contributed by atoms with Gasteiger partial charge in [0.15, 0.2) is 0 Å². The standard InChI is InChI=1S/C18H28N2O3S/c1-7-9-12(21)19-15-13(16(22)23-8-2)11-10-17(3,4)20-18(5,6)14(11)24-15/h20H,7-10H2,1-6H3,(H,19,21)/p+1. The second-order valence-electron chi connectivity index (χ2n) is 7.66. The van der Waals surface area contributed by atoms with Gasteiger partial charge in [0, 0.05) is 12.8 Å². The molecule has 24 heavy (non-hydrogen) atoms. The van der Waals surface area contributed by atoms with Gasteiger partial charge in [-0.1, -0.05) is 6.92 Å². The van der Waals surface area contributed by atoms with Crippen molar-refractivity contribution in [1.82, 2.24) is 0 Å². The highest BCUT2D eigenvalue weighted by Gasteiger charge is 2.45. The van der Waals surface area contributed by atoms with Crippen LogP contribution in [0, 0.1) is 0 Å². The molecule has 0 bridgehead atoms. The predicted molar refractivity (Wildman–Crippen MR) is 96.5 cm³/mol. The molecule has 0 saturated heterocycles. The zero-order chi connectivity index (χ0) is 18.1. The van der Waals surface area contributed by atoms with Gasteiger partial charge in [-0.3, -0.25) is 4.79 Å². The summed E-state index contributed by atoms with van der Waals surface area (Å²) in [5.41, 5.74) is 1.43. The van der Waals surface area contributed by atoms with E-state index in [0.717, 1.165) is 23.3 Å². The molecule has 1 aromatic rings. The number of anilines is 1. The highest BCUT2D eigenvalue weighted by molar-refractivity contribution is 7.17. The van der Waals surface area contributed by atoms with Gasteiger partial charge in [-0.2, -0.15) is 0 Å². The first-order valence-corrected chi connectivity index (χ1v) is 9.43. The van der Waals surface area contributed by atoms with Crippen LogP contribution in [0.3, 0.4) is 0 Å². The van der Waals surface area contributed by atoms with E-state index in [1.54, 1.807) is 6.92 Å². The summed E-state index contributed by atoms with van der Waals surface area (Å²) in [5.74, 6) is -0.391. The Morgan fingerprint density at radius 2 is 1.92 bits per heavy atom. The SMILES string of the molecule is CCCC(=O)Nc1sc2c(c1C(=O)OCC)CC(C)(C)[NH2+]C2(C)C. The van der Waals surface area contributed by atoms with E-state index < -0.39 is 0 Å². The summed E-state index contributed by atoms with van der Waals surface area (Å²) in [6.07, 6.45) is 2.00. The molecule has 3 N–H and O–H groups in total. The van der Waals surface area contributed by atoms with Crippen molar-refractivity contribution in [2.45, 2.75) is 71.9 Å². The molecule has 1 aliphatic rings. The summed E-state index contributed by atoms with van der Waals surface area (Å²) < 4.78 is 5.28. The van der Waals surface area contributed by atoms with E-state index in [0.29, 0.717) is 23.6 Å². The number of carbonyl (C=O) groups excluding carboxylic acids is 2. The number of carbonyl (C=O) groups is 2. The van der Waals surface area contributed by atoms with Crippen molar-refractivity contribution >= 4 is 28.2 Å². The van der Waals surface area contributed by atoms with Crippen molar-refractivity contribution in [2.24, 2.45) is 0 Å². The average Bonchev–Trinajstić information content (AvgIpc) is 2.75. The lowest BCUT2D eigenvalue weighted by Gasteiger charge is -2.38. The molecular weight excluding hydrogens is 324 g/mol. The number of thiophene rings is 1. The maximum Gasteiger partial charge on any atom is 0.341 e. The first-order chi connectivity index (χ1) is 11.1. The monoisotopic (exact) mass is 353 g/mol. The number of hydrogen-bond donors (Lipinski definition) is 2. The summed E-state index contributed by atoms with van der Waals surface area (Å²) in [6.45, 7) is 12.8. The molecule has 2 heterocycles. The number of nitrogens with one attached hydrogen (secondary N) is 1. The number of rotatable bonds is 5. The molecule has 6 heteroatoms. The number of fused-ring (bicyclic) bond motifs is 1. The smallest absolute Gasteiger partial charge is 0.341 e. The van der Waals surface area contributed by atoms with Gasteiger partial charge in [0.2, 0.25) is 5.91 Å². The molecule has 0 atom stereocenters. The number of esters is 1. The molecule has 1 amide bonds. The van der Waals surface area contributed by atoms with Gasteiger partial charge >= 0.3 is 5.97 Å². The summed E-state index contributed by atoms with van der Waals surface area (Å²) in [4.78, 5) is 25.8. The van der Waals surface area contributed by atoms with E-state index in [2.05, 4.69) is 38.3 Å². The van der Waals surface area contributed by atoms with Gasteiger partial charge in [-0.05, 0) is 46.6 Å². The summed E-state index contributed by atoms with van der Waals surface area (Å²) in [6, 6.07) is 0. The van der Waals surface area contributed by atoms with Crippen LogP contribution in [0.25, 0.3) is 0 Å². The van der Waals surface area contributed by atoms with Crippen LogP contribution in [-0.2, 0) is 21.5 Å². The van der Waals surface area contributed by atoms with Crippen molar-refractivity contribution in [3.8, 4) is 0 Å². The Kier molecular flexibility index (Phi) is 5.40. The molecule has 0 spiro atoms. The highest BCUT2D eigenvalue weighted by atomic mass is 32.1. The van der Waals surface area contributed by atoms with Crippen molar-refractivity contribution < 1.29 is 19.6 Å². The lowest BCUT2D eigenvalue weighted by atomic mass is 9.81. The Balaban J connectivity index is 2.54. The van der Waals surface area contributed by atoms with Crippen LogP contribution in [0.5, 0.6) is 0 Å². The van der Waals surface area contributed by atoms with E-state index in [1.165, 1.54) is 11.3 Å². The lowest BCUT2D eigenvalue weighted by molar-refractivity contribution is -0.789. The van der Waals surface area contributed by atoms with Crippen molar-refractivity contribution in [2.75, 3.05) is 11.9 Å². The Bertz CT molecular complexity index is 647. The minimum absolute atomic E-state index is 0.0104. The second-order valence-corrected chi connectivity index (χ2v) is 8.68.